The fraction of sp³-hybridized carbons (Fsp3) is 0.235. The summed E-state index contributed by atoms with van der Waals surface area (Å²) in [6, 6.07) is 7.17. The fourth-order valence-electron chi connectivity index (χ4n) is 2.57. The smallest absolute Gasteiger partial charge is 0.269 e. The van der Waals surface area contributed by atoms with E-state index in [-0.39, 0.29) is 18.2 Å². The predicted octanol–water partition coefficient (Wildman–Crippen LogP) is 1.82. The summed E-state index contributed by atoms with van der Waals surface area (Å²) in [7, 11) is 0. The Balaban J connectivity index is 1.64. The molecule has 3 aromatic rings. The van der Waals surface area contributed by atoms with E-state index in [1.165, 1.54) is 0 Å². The normalized spacial score (nSPS) is 10.8. The molecule has 124 valence electrons. The van der Waals surface area contributed by atoms with E-state index in [9.17, 15) is 9.59 Å². The molecule has 2 amide bonds. The molecule has 0 saturated carbocycles. The van der Waals surface area contributed by atoms with Crippen molar-refractivity contribution in [1.29, 1.82) is 0 Å². The summed E-state index contributed by atoms with van der Waals surface area (Å²) in [5.74, 6) is -0.689. The maximum atomic E-state index is 12.2. The molecule has 0 fully saturated rings. The Labute approximate surface area is 138 Å². The average Bonchev–Trinajstić information content (AvgIpc) is 3.08. The average molecular weight is 325 g/mol. The molecule has 0 saturated heterocycles. The zero-order chi connectivity index (χ0) is 17.3. The maximum absolute atomic E-state index is 12.2. The van der Waals surface area contributed by atoms with Crippen LogP contribution in [0.5, 0.6) is 0 Å². The van der Waals surface area contributed by atoms with E-state index in [4.69, 9.17) is 0 Å². The number of rotatable bonds is 3. The van der Waals surface area contributed by atoms with Crippen molar-refractivity contribution in [3.8, 4) is 0 Å². The molecule has 24 heavy (non-hydrogen) atoms. The van der Waals surface area contributed by atoms with E-state index in [1.54, 1.807) is 12.1 Å². The minimum atomic E-state index is -0.360. The molecule has 3 rings (SSSR count). The second kappa shape index (κ2) is 6.19. The topological polar surface area (TPSA) is 103 Å². The van der Waals surface area contributed by atoms with Crippen LogP contribution in [0.3, 0.4) is 0 Å². The van der Waals surface area contributed by atoms with Crippen molar-refractivity contribution in [2.24, 2.45) is 0 Å². The van der Waals surface area contributed by atoms with E-state index >= 15 is 0 Å². The van der Waals surface area contributed by atoms with Crippen molar-refractivity contribution < 1.29 is 9.59 Å². The summed E-state index contributed by atoms with van der Waals surface area (Å²) in [4.78, 5) is 27.3. The van der Waals surface area contributed by atoms with Crippen molar-refractivity contribution in [3.05, 3.63) is 52.5 Å². The molecule has 7 heteroatoms. The molecule has 0 spiro atoms. The summed E-state index contributed by atoms with van der Waals surface area (Å²) < 4.78 is 0. The number of aryl methyl sites for hydroxylation is 3. The molecule has 0 atom stereocenters. The number of fused-ring (bicyclic) bond motifs is 1. The summed E-state index contributed by atoms with van der Waals surface area (Å²) in [5, 5.41) is 7.75. The molecule has 2 aromatic heterocycles. The van der Waals surface area contributed by atoms with Crippen LogP contribution in [-0.2, 0) is 11.2 Å². The van der Waals surface area contributed by atoms with Crippen molar-refractivity contribution in [2.45, 2.75) is 27.2 Å². The number of aromatic amines is 2. The van der Waals surface area contributed by atoms with Gasteiger partial charge in [0.1, 0.15) is 0 Å². The number of benzene rings is 1. The van der Waals surface area contributed by atoms with E-state index in [0.717, 1.165) is 27.9 Å². The van der Waals surface area contributed by atoms with Crippen molar-refractivity contribution in [1.82, 2.24) is 26.0 Å². The van der Waals surface area contributed by atoms with Crippen molar-refractivity contribution >= 4 is 22.7 Å². The number of H-pyrrole nitrogens is 2. The molecule has 0 aliphatic heterocycles. The lowest BCUT2D eigenvalue weighted by atomic mass is 10.1. The lowest BCUT2D eigenvalue weighted by Crippen LogP contribution is -2.42. The lowest BCUT2D eigenvalue weighted by Gasteiger charge is -2.07. The first kappa shape index (κ1) is 15.8. The van der Waals surface area contributed by atoms with Gasteiger partial charge >= 0.3 is 0 Å². The first-order valence-corrected chi connectivity index (χ1v) is 7.63. The minimum absolute atomic E-state index is 0.0970. The second-order valence-electron chi connectivity index (χ2n) is 5.86. The Kier molecular flexibility index (Phi) is 4.07. The van der Waals surface area contributed by atoms with Gasteiger partial charge in [0, 0.05) is 27.9 Å². The highest BCUT2D eigenvalue weighted by Crippen LogP contribution is 2.22. The highest BCUT2D eigenvalue weighted by Gasteiger charge is 2.12. The standard InChI is InChI=1S/C17H19N5O2/c1-9-6-13(20-19-9)8-16(23)21-22-17(24)12-4-5-15-14(7-12)10(2)11(3)18-15/h4-7,18H,8H2,1-3H3,(H,19,20)(H,21,23)(H,22,24). The van der Waals surface area contributed by atoms with Gasteiger partial charge in [-0.15, -0.1) is 0 Å². The molecular weight excluding hydrogens is 306 g/mol. The molecule has 1 aromatic carbocycles. The number of nitrogens with one attached hydrogen (secondary N) is 4. The molecule has 0 aliphatic carbocycles. The molecule has 0 bridgehead atoms. The van der Waals surface area contributed by atoms with E-state index < -0.39 is 0 Å². The Morgan fingerprint density at radius 2 is 1.92 bits per heavy atom. The van der Waals surface area contributed by atoms with Gasteiger partial charge in [0.25, 0.3) is 5.91 Å². The lowest BCUT2D eigenvalue weighted by molar-refractivity contribution is -0.121. The molecular formula is C17H19N5O2. The van der Waals surface area contributed by atoms with E-state index in [1.807, 2.05) is 32.9 Å². The summed E-state index contributed by atoms with van der Waals surface area (Å²) in [6.45, 7) is 5.85. The minimum Gasteiger partial charge on any atom is -0.358 e. The van der Waals surface area contributed by atoms with Crippen LogP contribution in [0.15, 0.2) is 24.3 Å². The second-order valence-corrected chi connectivity index (χ2v) is 5.86. The molecule has 0 unspecified atom stereocenters. The summed E-state index contributed by atoms with van der Waals surface area (Å²) >= 11 is 0. The van der Waals surface area contributed by atoms with Gasteiger partial charge in [0.05, 0.1) is 12.1 Å². The van der Waals surface area contributed by atoms with Crippen LogP contribution < -0.4 is 10.9 Å². The van der Waals surface area contributed by atoms with Gasteiger partial charge in [-0.2, -0.15) is 5.10 Å². The van der Waals surface area contributed by atoms with Crippen LogP contribution in [0, 0.1) is 20.8 Å². The van der Waals surface area contributed by atoms with Gasteiger partial charge in [-0.1, -0.05) is 0 Å². The van der Waals surface area contributed by atoms with Gasteiger partial charge in [-0.05, 0) is 50.6 Å². The number of nitrogens with zero attached hydrogens (tertiary/aromatic N) is 1. The van der Waals surface area contributed by atoms with Crippen LogP contribution >= 0.6 is 0 Å². The van der Waals surface area contributed by atoms with Crippen molar-refractivity contribution in [3.63, 3.8) is 0 Å². The molecule has 0 radical (unpaired) electrons. The molecule has 2 heterocycles. The van der Waals surface area contributed by atoms with Gasteiger partial charge in [-0.25, -0.2) is 0 Å². The molecule has 4 N–H and O–H groups in total. The number of aromatic nitrogens is 3. The van der Waals surface area contributed by atoms with Gasteiger partial charge in [-0.3, -0.25) is 25.5 Å². The first-order chi connectivity index (χ1) is 11.4. The Bertz CT molecular complexity index is 922. The van der Waals surface area contributed by atoms with Crippen LogP contribution in [-0.4, -0.2) is 27.0 Å². The third kappa shape index (κ3) is 3.15. The predicted molar refractivity (Wildman–Crippen MR) is 90.4 cm³/mol. The highest BCUT2D eigenvalue weighted by atomic mass is 16.2. The third-order valence-electron chi connectivity index (χ3n) is 3.99. The number of carbonyl (C=O) groups excluding carboxylic acids is 2. The first-order valence-electron chi connectivity index (χ1n) is 7.63. The fourth-order valence-corrected chi connectivity index (χ4v) is 2.57. The highest BCUT2D eigenvalue weighted by molar-refractivity contribution is 5.99. The number of hydrogen-bond donors (Lipinski definition) is 4. The van der Waals surface area contributed by atoms with Crippen molar-refractivity contribution in [2.75, 3.05) is 0 Å². The van der Waals surface area contributed by atoms with Crippen LogP contribution in [0.4, 0.5) is 0 Å². The quantitative estimate of drug-likeness (QED) is 0.552. The SMILES string of the molecule is Cc1cc(CC(=O)NNC(=O)c2ccc3[nH]c(C)c(C)c3c2)n[nH]1. The number of amides is 2. The number of hydrogen-bond acceptors (Lipinski definition) is 3. The Morgan fingerprint density at radius 3 is 2.62 bits per heavy atom. The van der Waals surface area contributed by atoms with E-state index in [0.29, 0.717) is 11.3 Å². The van der Waals surface area contributed by atoms with Gasteiger partial charge < -0.3 is 4.98 Å². The maximum Gasteiger partial charge on any atom is 0.269 e. The van der Waals surface area contributed by atoms with Crippen LogP contribution in [0.2, 0.25) is 0 Å². The number of hydrazine groups is 1. The monoisotopic (exact) mass is 325 g/mol. The van der Waals surface area contributed by atoms with Crippen LogP contribution in [0.25, 0.3) is 10.9 Å². The largest absolute Gasteiger partial charge is 0.358 e. The summed E-state index contributed by atoms with van der Waals surface area (Å²) in [6.07, 6.45) is 0.0970. The zero-order valence-corrected chi connectivity index (χ0v) is 13.8. The van der Waals surface area contributed by atoms with Gasteiger partial charge in [0.2, 0.25) is 5.91 Å². The molecule has 0 aliphatic rings. The van der Waals surface area contributed by atoms with E-state index in [2.05, 4.69) is 26.0 Å². The summed E-state index contributed by atoms with van der Waals surface area (Å²) in [5.41, 5.74) is 10.00. The molecule has 7 nitrogen and oxygen atoms in total. The Hall–Kier alpha value is -3.09. The van der Waals surface area contributed by atoms with Crippen LogP contribution in [0.1, 0.15) is 33.0 Å². The zero-order valence-electron chi connectivity index (χ0n) is 13.8. The van der Waals surface area contributed by atoms with Gasteiger partial charge in [0.15, 0.2) is 0 Å². The Morgan fingerprint density at radius 1 is 1.12 bits per heavy atom. The number of carbonyl (C=O) groups is 2. The third-order valence-corrected chi connectivity index (χ3v) is 3.99.